The summed E-state index contributed by atoms with van der Waals surface area (Å²) in [4.78, 5) is 35.1. The van der Waals surface area contributed by atoms with Gasteiger partial charge >= 0.3 is 0 Å². The van der Waals surface area contributed by atoms with Crippen molar-refractivity contribution in [3.63, 3.8) is 0 Å². The van der Waals surface area contributed by atoms with Crippen LogP contribution >= 0.6 is 22.7 Å². The molecule has 0 unspecified atom stereocenters. The number of carbonyl (C=O) groups is 1. The molecule has 1 amide bonds. The molecule has 0 fully saturated rings. The molecule has 0 saturated heterocycles. The lowest BCUT2D eigenvalue weighted by Crippen LogP contribution is -2.29. The first-order valence-corrected chi connectivity index (χ1v) is 9.60. The molecule has 130 valence electrons. The number of thiazole rings is 2. The Kier molecular flexibility index (Phi) is 4.36. The Hall–Kier alpha value is -2.84. The van der Waals surface area contributed by atoms with E-state index in [-0.39, 0.29) is 5.91 Å². The van der Waals surface area contributed by atoms with E-state index >= 15 is 0 Å². The molecule has 8 heteroatoms. The van der Waals surface area contributed by atoms with Crippen molar-refractivity contribution in [1.29, 1.82) is 0 Å². The molecule has 0 bridgehead atoms. The molecule has 0 aliphatic carbocycles. The minimum atomic E-state index is -0.413. The fraction of sp³-hybridized carbons (Fsp3) is 0.111. The maximum Gasteiger partial charge on any atom is 0.274 e. The number of carbonyl (C=O) groups excluding carboxylic acids is 1. The van der Waals surface area contributed by atoms with E-state index in [1.54, 1.807) is 39.3 Å². The fourth-order valence-electron chi connectivity index (χ4n) is 2.62. The molecule has 0 atom stereocenters. The highest BCUT2D eigenvalue weighted by Crippen LogP contribution is 2.24. The van der Waals surface area contributed by atoms with Crippen LogP contribution in [0.4, 0.5) is 0 Å². The molecule has 0 N–H and O–H groups in total. The van der Waals surface area contributed by atoms with Gasteiger partial charge in [0.05, 0.1) is 12.2 Å². The predicted octanol–water partition coefficient (Wildman–Crippen LogP) is 3.15. The fourth-order valence-corrected chi connectivity index (χ4v) is 4.15. The summed E-state index contributed by atoms with van der Waals surface area (Å²) >= 11 is 2.87. The highest BCUT2D eigenvalue weighted by atomic mass is 32.1. The highest BCUT2D eigenvalue weighted by Gasteiger charge is 2.18. The first-order valence-electron chi connectivity index (χ1n) is 7.84. The number of aromatic nitrogens is 3. The van der Waals surface area contributed by atoms with Crippen molar-refractivity contribution in [2.24, 2.45) is 0 Å². The average Bonchev–Trinajstić information content (AvgIpc) is 3.30. The second kappa shape index (κ2) is 6.81. The van der Waals surface area contributed by atoms with Crippen LogP contribution in [0.5, 0.6) is 0 Å². The monoisotopic (exact) mass is 382 g/mol. The minimum Gasteiger partial charge on any atom is -0.334 e. The molecular formula is C18H14N4O2S2. The largest absolute Gasteiger partial charge is 0.334 e. The number of hydrogen-bond donors (Lipinski definition) is 0. The molecule has 6 nitrogen and oxygen atoms in total. The second-order valence-electron chi connectivity index (χ2n) is 5.71. The zero-order chi connectivity index (χ0) is 18.1. The second-order valence-corrected chi connectivity index (χ2v) is 7.44. The van der Waals surface area contributed by atoms with Crippen molar-refractivity contribution in [1.82, 2.24) is 19.3 Å². The Morgan fingerprint density at radius 1 is 1.19 bits per heavy atom. The smallest absolute Gasteiger partial charge is 0.274 e. The van der Waals surface area contributed by atoms with Crippen LogP contribution in [-0.4, -0.2) is 32.2 Å². The lowest BCUT2D eigenvalue weighted by molar-refractivity contribution is 0.0776. The summed E-state index contributed by atoms with van der Waals surface area (Å²) in [6, 6.07) is 11.2. The van der Waals surface area contributed by atoms with Crippen LogP contribution in [0.15, 0.2) is 58.1 Å². The first-order chi connectivity index (χ1) is 12.6. The number of hydrogen-bond acceptors (Lipinski definition) is 6. The predicted molar refractivity (Wildman–Crippen MR) is 103 cm³/mol. The van der Waals surface area contributed by atoms with E-state index in [0.29, 0.717) is 17.2 Å². The number of amides is 1. The highest BCUT2D eigenvalue weighted by molar-refractivity contribution is 7.15. The Balaban J connectivity index is 1.57. The van der Waals surface area contributed by atoms with Crippen molar-refractivity contribution in [2.75, 3.05) is 7.05 Å². The Morgan fingerprint density at radius 2 is 2.00 bits per heavy atom. The van der Waals surface area contributed by atoms with Crippen LogP contribution in [0.1, 0.15) is 16.2 Å². The Labute approximate surface area is 157 Å². The quantitative estimate of drug-likeness (QED) is 0.544. The minimum absolute atomic E-state index is 0.243. The van der Waals surface area contributed by atoms with E-state index in [2.05, 4.69) is 9.97 Å². The summed E-state index contributed by atoms with van der Waals surface area (Å²) in [7, 11) is 1.70. The number of fused-ring (bicyclic) bond motifs is 1. The van der Waals surface area contributed by atoms with Crippen molar-refractivity contribution in [3.8, 4) is 10.6 Å². The molecule has 0 spiro atoms. The van der Waals surface area contributed by atoms with Crippen molar-refractivity contribution in [2.45, 2.75) is 6.54 Å². The van der Waals surface area contributed by atoms with Crippen LogP contribution < -0.4 is 5.56 Å². The third kappa shape index (κ3) is 3.16. The molecule has 0 aliphatic heterocycles. The summed E-state index contributed by atoms with van der Waals surface area (Å²) in [6.07, 6.45) is 1.74. The molecule has 0 saturated carbocycles. The van der Waals surface area contributed by atoms with Gasteiger partial charge in [-0.3, -0.25) is 14.0 Å². The van der Waals surface area contributed by atoms with Gasteiger partial charge in [-0.05, 0) is 0 Å². The third-order valence-corrected chi connectivity index (χ3v) is 5.55. The maximum atomic E-state index is 12.8. The van der Waals surface area contributed by atoms with Gasteiger partial charge in [-0.15, -0.1) is 22.7 Å². The zero-order valence-corrected chi connectivity index (χ0v) is 15.5. The number of nitrogens with zero attached hydrogens (tertiary/aromatic N) is 4. The van der Waals surface area contributed by atoms with Gasteiger partial charge in [-0.1, -0.05) is 30.3 Å². The average molecular weight is 382 g/mol. The van der Waals surface area contributed by atoms with E-state index in [0.717, 1.165) is 16.3 Å². The zero-order valence-electron chi connectivity index (χ0n) is 13.8. The standard InChI is InChI=1S/C18H14N4O2S2/c1-21(10-13-11-26-16(19-13)12-5-3-2-4-6-12)17(24)14-9-15(23)20-18-22(14)7-8-25-18/h2-9,11H,10H2,1H3. The molecule has 4 rings (SSSR count). The van der Waals surface area contributed by atoms with Crippen molar-refractivity contribution < 1.29 is 4.79 Å². The lowest BCUT2D eigenvalue weighted by atomic mass is 10.2. The topological polar surface area (TPSA) is 67.6 Å². The Bertz CT molecular complexity index is 1130. The van der Waals surface area contributed by atoms with Crippen LogP contribution in [0.3, 0.4) is 0 Å². The number of rotatable bonds is 4. The SMILES string of the molecule is CN(Cc1csc(-c2ccccc2)n1)C(=O)c1cc(=O)nc2sccn12. The van der Waals surface area contributed by atoms with Crippen molar-refractivity contribution in [3.05, 3.63) is 75.1 Å². The molecule has 26 heavy (non-hydrogen) atoms. The van der Waals surface area contributed by atoms with E-state index in [1.807, 2.05) is 35.7 Å². The summed E-state index contributed by atoms with van der Waals surface area (Å²) in [6.45, 7) is 0.366. The lowest BCUT2D eigenvalue weighted by Gasteiger charge is -2.16. The van der Waals surface area contributed by atoms with Crippen LogP contribution in [0.25, 0.3) is 15.5 Å². The normalized spacial score (nSPS) is 11.0. The molecule has 3 aromatic heterocycles. The van der Waals surface area contributed by atoms with E-state index < -0.39 is 5.56 Å². The molecular weight excluding hydrogens is 368 g/mol. The molecule has 1 aromatic carbocycles. The van der Waals surface area contributed by atoms with Gasteiger partial charge in [-0.2, -0.15) is 4.98 Å². The summed E-state index contributed by atoms with van der Waals surface area (Å²) < 4.78 is 1.64. The van der Waals surface area contributed by atoms with Crippen LogP contribution in [-0.2, 0) is 6.54 Å². The van der Waals surface area contributed by atoms with E-state index in [1.165, 1.54) is 17.4 Å². The van der Waals surface area contributed by atoms with Crippen molar-refractivity contribution >= 4 is 33.5 Å². The molecule has 4 aromatic rings. The van der Waals surface area contributed by atoms with Gasteiger partial charge in [-0.25, -0.2) is 4.98 Å². The van der Waals surface area contributed by atoms with Crippen LogP contribution in [0, 0.1) is 0 Å². The molecule has 0 radical (unpaired) electrons. The summed E-state index contributed by atoms with van der Waals surface area (Å²) in [5, 5.41) is 4.66. The molecule has 3 heterocycles. The van der Waals surface area contributed by atoms with Gasteiger partial charge in [0.15, 0.2) is 4.96 Å². The Morgan fingerprint density at radius 3 is 2.81 bits per heavy atom. The number of benzene rings is 1. The molecule has 0 aliphatic rings. The third-order valence-electron chi connectivity index (χ3n) is 3.85. The first kappa shape index (κ1) is 16.6. The maximum absolute atomic E-state index is 12.8. The van der Waals surface area contributed by atoms with Gasteiger partial charge in [0.1, 0.15) is 10.7 Å². The van der Waals surface area contributed by atoms with Gasteiger partial charge in [0.2, 0.25) is 0 Å². The van der Waals surface area contributed by atoms with E-state index in [9.17, 15) is 9.59 Å². The van der Waals surface area contributed by atoms with Crippen LogP contribution in [0.2, 0.25) is 0 Å². The van der Waals surface area contributed by atoms with Gasteiger partial charge in [0, 0.05) is 35.6 Å². The van der Waals surface area contributed by atoms with Gasteiger partial charge in [0.25, 0.3) is 11.5 Å². The summed E-state index contributed by atoms with van der Waals surface area (Å²) in [5.74, 6) is -0.243. The van der Waals surface area contributed by atoms with E-state index in [4.69, 9.17) is 0 Å². The van der Waals surface area contributed by atoms with Gasteiger partial charge < -0.3 is 4.90 Å². The summed E-state index contributed by atoms with van der Waals surface area (Å²) in [5.41, 5.74) is 1.76.